The van der Waals surface area contributed by atoms with Gasteiger partial charge in [-0.2, -0.15) is 5.10 Å². The van der Waals surface area contributed by atoms with Crippen LogP contribution in [0.3, 0.4) is 0 Å². The topological polar surface area (TPSA) is 70.9 Å². The molecule has 1 amide bonds. The first-order valence-electron chi connectivity index (χ1n) is 6.41. The molecule has 0 heterocycles. The largest absolute Gasteiger partial charge is 0.508 e. The Bertz CT molecular complexity index is 636. The molecule has 0 aliphatic carbocycles. The number of benzene rings is 2. The fourth-order valence-corrected chi connectivity index (χ4v) is 1.75. The average molecular weight is 284 g/mol. The highest BCUT2D eigenvalue weighted by Crippen LogP contribution is 2.11. The number of carbonyl (C=O) groups is 1. The Morgan fingerprint density at radius 2 is 2.05 bits per heavy atom. The van der Waals surface area contributed by atoms with Gasteiger partial charge in [-0.25, -0.2) is 5.43 Å². The van der Waals surface area contributed by atoms with E-state index in [1.54, 1.807) is 43.5 Å². The van der Waals surface area contributed by atoms with Crippen LogP contribution in [0, 0.1) is 0 Å². The zero-order chi connectivity index (χ0) is 15.1. The highest BCUT2D eigenvalue weighted by molar-refractivity contribution is 5.83. The molecule has 2 rings (SSSR count). The number of aromatic hydroxyl groups is 1. The van der Waals surface area contributed by atoms with Crippen LogP contribution in [0.4, 0.5) is 0 Å². The van der Waals surface area contributed by atoms with Gasteiger partial charge < -0.3 is 9.84 Å². The van der Waals surface area contributed by atoms with Crippen molar-refractivity contribution in [3.05, 3.63) is 59.7 Å². The molecule has 0 fully saturated rings. The molecular formula is C16H16N2O3. The first-order valence-corrected chi connectivity index (χ1v) is 6.41. The van der Waals surface area contributed by atoms with Gasteiger partial charge in [0.25, 0.3) is 0 Å². The van der Waals surface area contributed by atoms with Gasteiger partial charge in [0, 0.05) is 0 Å². The Morgan fingerprint density at radius 1 is 1.29 bits per heavy atom. The van der Waals surface area contributed by atoms with Gasteiger partial charge in [-0.3, -0.25) is 4.79 Å². The van der Waals surface area contributed by atoms with Gasteiger partial charge >= 0.3 is 0 Å². The number of methoxy groups -OCH3 is 1. The van der Waals surface area contributed by atoms with Crippen LogP contribution < -0.4 is 10.2 Å². The van der Waals surface area contributed by atoms with Crippen LogP contribution in [0.5, 0.6) is 11.5 Å². The van der Waals surface area contributed by atoms with E-state index in [-0.39, 0.29) is 18.1 Å². The average Bonchev–Trinajstić information content (AvgIpc) is 2.48. The maximum absolute atomic E-state index is 11.7. The van der Waals surface area contributed by atoms with E-state index in [9.17, 15) is 9.90 Å². The van der Waals surface area contributed by atoms with Gasteiger partial charge in [-0.05, 0) is 35.4 Å². The second-order valence-electron chi connectivity index (χ2n) is 4.41. The second-order valence-corrected chi connectivity index (χ2v) is 4.41. The number of hydrogen-bond acceptors (Lipinski definition) is 4. The van der Waals surface area contributed by atoms with Crippen molar-refractivity contribution >= 4 is 12.1 Å². The standard InChI is InChI=1S/C16H16N2O3/c1-21-15-7-5-12(6-8-15)10-16(20)18-17-11-13-3-2-4-14(19)9-13/h2-9,11,19H,10H2,1H3,(H,18,20)/b17-11+. The van der Waals surface area contributed by atoms with Gasteiger partial charge in [0.05, 0.1) is 19.7 Å². The van der Waals surface area contributed by atoms with Crippen molar-refractivity contribution in [1.29, 1.82) is 0 Å². The van der Waals surface area contributed by atoms with E-state index in [0.29, 0.717) is 5.56 Å². The Balaban J connectivity index is 1.86. The highest BCUT2D eigenvalue weighted by atomic mass is 16.5. The van der Waals surface area contributed by atoms with Gasteiger partial charge in [0.1, 0.15) is 11.5 Å². The summed E-state index contributed by atoms with van der Waals surface area (Å²) in [5.74, 6) is 0.696. The number of carbonyl (C=O) groups excluding carboxylic acids is 1. The van der Waals surface area contributed by atoms with Crippen LogP contribution in [0.15, 0.2) is 53.6 Å². The lowest BCUT2D eigenvalue weighted by Crippen LogP contribution is -2.19. The Kier molecular flexibility index (Phi) is 4.93. The summed E-state index contributed by atoms with van der Waals surface area (Å²) < 4.78 is 5.05. The Morgan fingerprint density at radius 3 is 2.71 bits per heavy atom. The summed E-state index contributed by atoms with van der Waals surface area (Å²) in [6, 6.07) is 13.9. The maximum Gasteiger partial charge on any atom is 0.244 e. The predicted octanol–water partition coefficient (Wildman–Crippen LogP) is 2.09. The lowest BCUT2D eigenvalue weighted by atomic mass is 10.1. The number of phenols is 1. The summed E-state index contributed by atoms with van der Waals surface area (Å²) in [7, 11) is 1.60. The van der Waals surface area contributed by atoms with Crippen molar-refractivity contribution in [2.45, 2.75) is 6.42 Å². The monoisotopic (exact) mass is 284 g/mol. The number of nitrogens with one attached hydrogen (secondary N) is 1. The minimum atomic E-state index is -0.212. The normalized spacial score (nSPS) is 10.5. The number of amides is 1. The van der Waals surface area contributed by atoms with E-state index >= 15 is 0 Å². The van der Waals surface area contributed by atoms with Crippen LogP contribution in [0.25, 0.3) is 0 Å². The Labute approximate surface area is 122 Å². The smallest absolute Gasteiger partial charge is 0.244 e. The van der Waals surface area contributed by atoms with Crippen molar-refractivity contribution in [1.82, 2.24) is 5.43 Å². The van der Waals surface area contributed by atoms with E-state index in [1.807, 2.05) is 12.1 Å². The van der Waals surface area contributed by atoms with Crippen LogP contribution >= 0.6 is 0 Å². The molecule has 0 bridgehead atoms. The molecule has 2 aromatic carbocycles. The molecule has 0 saturated carbocycles. The van der Waals surface area contributed by atoms with E-state index in [2.05, 4.69) is 10.5 Å². The maximum atomic E-state index is 11.7. The van der Waals surface area contributed by atoms with Gasteiger partial charge in [0.15, 0.2) is 0 Å². The number of phenolic OH excluding ortho intramolecular Hbond substituents is 1. The Hall–Kier alpha value is -2.82. The summed E-state index contributed by atoms with van der Waals surface area (Å²) >= 11 is 0. The predicted molar refractivity (Wildman–Crippen MR) is 80.5 cm³/mol. The molecule has 0 aromatic heterocycles. The quantitative estimate of drug-likeness (QED) is 0.652. The molecular weight excluding hydrogens is 268 g/mol. The fourth-order valence-electron chi connectivity index (χ4n) is 1.75. The summed E-state index contributed by atoms with van der Waals surface area (Å²) in [4.78, 5) is 11.7. The van der Waals surface area contributed by atoms with E-state index in [1.165, 1.54) is 6.21 Å². The van der Waals surface area contributed by atoms with Crippen LogP contribution in [-0.4, -0.2) is 24.3 Å². The van der Waals surface area contributed by atoms with E-state index in [0.717, 1.165) is 11.3 Å². The molecule has 108 valence electrons. The molecule has 0 radical (unpaired) electrons. The van der Waals surface area contributed by atoms with Gasteiger partial charge in [-0.15, -0.1) is 0 Å². The highest BCUT2D eigenvalue weighted by Gasteiger charge is 2.02. The molecule has 5 nitrogen and oxygen atoms in total. The van der Waals surface area contributed by atoms with Crippen LogP contribution in [0.1, 0.15) is 11.1 Å². The molecule has 5 heteroatoms. The molecule has 0 aliphatic heterocycles. The van der Waals surface area contributed by atoms with Crippen molar-refractivity contribution < 1.29 is 14.6 Å². The zero-order valence-corrected chi connectivity index (χ0v) is 11.6. The van der Waals surface area contributed by atoms with Gasteiger partial charge in [0.2, 0.25) is 5.91 Å². The number of hydrazone groups is 1. The summed E-state index contributed by atoms with van der Waals surface area (Å²) in [5.41, 5.74) is 4.03. The van der Waals surface area contributed by atoms with E-state index < -0.39 is 0 Å². The van der Waals surface area contributed by atoms with Crippen LogP contribution in [-0.2, 0) is 11.2 Å². The third-order valence-corrected chi connectivity index (χ3v) is 2.80. The fraction of sp³-hybridized carbons (Fsp3) is 0.125. The van der Waals surface area contributed by atoms with Gasteiger partial charge in [-0.1, -0.05) is 24.3 Å². The third-order valence-electron chi connectivity index (χ3n) is 2.80. The number of nitrogens with zero attached hydrogens (tertiary/aromatic N) is 1. The molecule has 2 N–H and O–H groups in total. The van der Waals surface area contributed by atoms with Crippen molar-refractivity contribution in [2.75, 3.05) is 7.11 Å². The SMILES string of the molecule is COc1ccc(CC(=O)N/N=C/c2cccc(O)c2)cc1. The first kappa shape index (κ1) is 14.6. The molecule has 21 heavy (non-hydrogen) atoms. The minimum absolute atomic E-state index is 0.156. The molecule has 0 unspecified atom stereocenters. The molecule has 0 spiro atoms. The molecule has 0 aliphatic rings. The summed E-state index contributed by atoms with van der Waals surface area (Å²) in [5, 5.41) is 13.2. The van der Waals surface area contributed by atoms with Crippen molar-refractivity contribution in [3.63, 3.8) is 0 Å². The van der Waals surface area contributed by atoms with Crippen LogP contribution in [0.2, 0.25) is 0 Å². The summed E-state index contributed by atoms with van der Waals surface area (Å²) in [6.07, 6.45) is 1.72. The second kappa shape index (κ2) is 7.09. The molecule has 0 saturated heterocycles. The first-order chi connectivity index (χ1) is 10.2. The number of hydrogen-bond donors (Lipinski definition) is 2. The summed E-state index contributed by atoms with van der Waals surface area (Å²) in [6.45, 7) is 0. The zero-order valence-electron chi connectivity index (χ0n) is 11.6. The lowest BCUT2D eigenvalue weighted by molar-refractivity contribution is -0.120. The number of rotatable bonds is 5. The lowest BCUT2D eigenvalue weighted by Gasteiger charge is -2.02. The van der Waals surface area contributed by atoms with Crippen molar-refractivity contribution in [3.8, 4) is 11.5 Å². The van der Waals surface area contributed by atoms with Crippen molar-refractivity contribution in [2.24, 2.45) is 5.10 Å². The van der Waals surface area contributed by atoms with E-state index in [4.69, 9.17) is 4.74 Å². The number of ether oxygens (including phenoxy) is 1. The third kappa shape index (κ3) is 4.65. The molecule has 0 atom stereocenters. The molecule has 2 aromatic rings. The minimum Gasteiger partial charge on any atom is -0.508 e.